The van der Waals surface area contributed by atoms with E-state index in [9.17, 15) is 29.3 Å². The number of hydrogen-bond acceptors (Lipinski definition) is 7. The maximum Gasteiger partial charge on any atom is 0.339 e. The molecule has 2 N–H and O–H groups in total. The molecule has 11 nitrogen and oxygen atoms in total. The number of methoxy groups -OCH3 is 1. The highest BCUT2D eigenvalue weighted by molar-refractivity contribution is 5.97. The van der Waals surface area contributed by atoms with Gasteiger partial charge in [-0.25, -0.2) is 4.79 Å². The third kappa shape index (κ3) is 5.25. The topological polar surface area (TPSA) is 150 Å². The Morgan fingerprint density at radius 2 is 1.93 bits per heavy atom. The van der Waals surface area contributed by atoms with Gasteiger partial charge in [0.25, 0.3) is 5.91 Å². The number of nitro groups is 1. The summed E-state index contributed by atoms with van der Waals surface area (Å²) in [7, 11) is 1.08. The number of anilines is 1. The van der Waals surface area contributed by atoms with Gasteiger partial charge in [-0.3, -0.25) is 29.1 Å². The summed E-state index contributed by atoms with van der Waals surface area (Å²) in [5.41, 5.74) is -1.53. The molecule has 0 atom stereocenters. The molecule has 152 valence electrons. The molecule has 11 heteroatoms. The van der Waals surface area contributed by atoms with Gasteiger partial charge in [0, 0.05) is 30.1 Å². The quantitative estimate of drug-likeness (QED) is 0.397. The van der Waals surface area contributed by atoms with E-state index in [4.69, 9.17) is 0 Å². The minimum atomic E-state index is -1.05. The molecule has 0 aliphatic carbocycles. The van der Waals surface area contributed by atoms with Gasteiger partial charge in [-0.15, -0.1) is 0 Å². The van der Waals surface area contributed by atoms with Gasteiger partial charge >= 0.3 is 17.2 Å². The van der Waals surface area contributed by atoms with Crippen molar-refractivity contribution in [3.63, 3.8) is 0 Å². The molecular formula is C18H18N4O7. The SMILES string of the molecule is CCNC(=O)c1cccc(NC(=O)Cn2cc(C(=O)OC)cc([N+](=O)[O-])c2=O)c1. The van der Waals surface area contributed by atoms with E-state index < -0.39 is 34.6 Å². The first-order chi connectivity index (χ1) is 13.8. The summed E-state index contributed by atoms with van der Waals surface area (Å²) in [6.45, 7) is 1.62. The zero-order chi connectivity index (χ0) is 21.6. The van der Waals surface area contributed by atoms with Crippen LogP contribution in [0.15, 0.2) is 41.3 Å². The third-order valence-electron chi connectivity index (χ3n) is 3.74. The van der Waals surface area contributed by atoms with E-state index in [1.807, 2.05) is 0 Å². The molecule has 2 aromatic rings. The van der Waals surface area contributed by atoms with Crippen molar-refractivity contribution in [2.24, 2.45) is 0 Å². The summed E-state index contributed by atoms with van der Waals surface area (Å²) in [6, 6.07) is 6.90. The lowest BCUT2D eigenvalue weighted by atomic mass is 10.2. The molecule has 0 saturated carbocycles. The van der Waals surface area contributed by atoms with Crippen LogP contribution in [0.1, 0.15) is 27.6 Å². The number of rotatable bonds is 7. The number of esters is 1. The lowest BCUT2D eigenvalue weighted by molar-refractivity contribution is -0.386. The molecule has 1 aromatic heterocycles. The molecule has 0 unspecified atom stereocenters. The van der Waals surface area contributed by atoms with Crippen LogP contribution in [-0.4, -0.2) is 40.9 Å². The zero-order valence-corrected chi connectivity index (χ0v) is 15.6. The molecule has 0 saturated heterocycles. The van der Waals surface area contributed by atoms with Crippen molar-refractivity contribution in [1.82, 2.24) is 9.88 Å². The number of benzene rings is 1. The Balaban J connectivity index is 2.27. The highest BCUT2D eigenvalue weighted by Crippen LogP contribution is 2.12. The van der Waals surface area contributed by atoms with Crippen LogP contribution in [0.5, 0.6) is 0 Å². The fourth-order valence-corrected chi connectivity index (χ4v) is 2.45. The molecule has 1 aromatic carbocycles. The number of hydrogen-bond donors (Lipinski definition) is 2. The highest BCUT2D eigenvalue weighted by atomic mass is 16.6. The van der Waals surface area contributed by atoms with Crippen molar-refractivity contribution in [3.8, 4) is 0 Å². The first-order valence-electron chi connectivity index (χ1n) is 8.42. The minimum Gasteiger partial charge on any atom is -0.465 e. The second-order valence-electron chi connectivity index (χ2n) is 5.78. The second kappa shape index (κ2) is 9.26. The molecule has 29 heavy (non-hydrogen) atoms. The maximum atomic E-state index is 12.3. The zero-order valence-electron chi connectivity index (χ0n) is 15.6. The number of pyridine rings is 1. The van der Waals surface area contributed by atoms with Crippen molar-refractivity contribution in [3.05, 3.63) is 68.1 Å². The first kappa shape index (κ1) is 21.3. The van der Waals surface area contributed by atoms with Gasteiger partial charge < -0.3 is 15.4 Å². The lowest BCUT2D eigenvalue weighted by Crippen LogP contribution is -2.29. The van der Waals surface area contributed by atoms with Crippen molar-refractivity contribution in [1.29, 1.82) is 0 Å². The van der Waals surface area contributed by atoms with Gasteiger partial charge in [-0.2, -0.15) is 0 Å². The number of nitrogens with zero attached hydrogens (tertiary/aromatic N) is 2. The number of carbonyl (C=O) groups is 3. The fraction of sp³-hybridized carbons (Fsp3) is 0.222. The normalized spacial score (nSPS) is 10.1. The van der Waals surface area contributed by atoms with Crippen molar-refractivity contribution < 1.29 is 24.0 Å². The maximum absolute atomic E-state index is 12.3. The van der Waals surface area contributed by atoms with E-state index in [-0.39, 0.29) is 11.5 Å². The van der Waals surface area contributed by atoms with E-state index in [2.05, 4.69) is 15.4 Å². The molecule has 0 spiro atoms. The summed E-state index contributed by atoms with van der Waals surface area (Å²) >= 11 is 0. The molecule has 0 aliphatic heterocycles. The predicted octanol–water partition coefficient (Wildman–Crippen LogP) is 0.932. The average Bonchev–Trinajstić information content (AvgIpc) is 2.69. The number of amides is 2. The number of ether oxygens (including phenoxy) is 1. The second-order valence-corrected chi connectivity index (χ2v) is 5.78. The molecular weight excluding hydrogens is 384 g/mol. The third-order valence-corrected chi connectivity index (χ3v) is 3.74. The van der Waals surface area contributed by atoms with Gasteiger partial charge in [-0.05, 0) is 25.1 Å². The van der Waals surface area contributed by atoms with Gasteiger partial charge in [0.15, 0.2) is 0 Å². The Morgan fingerprint density at radius 3 is 2.55 bits per heavy atom. The Bertz CT molecular complexity index is 1030. The Hall–Kier alpha value is -4.02. The Kier molecular flexibility index (Phi) is 6.80. The molecule has 0 aliphatic rings. The lowest BCUT2D eigenvalue weighted by Gasteiger charge is -2.10. The van der Waals surface area contributed by atoms with Crippen LogP contribution in [0.25, 0.3) is 0 Å². The van der Waals surface area contributed by atoms with Gasteiger partial charge in [0.05, 0.1) is 17.6 Å². The summed E-state index contributed by atoms with van der Waals surface area (Å²) in [5.74, 6) is -1.89. The molecule has 2 amide bonds. The van der Waals surface area contributed by atoms with Crippen molar-refractivity contribution in [2.75, 3.05) is 19.0 Å². The van der Waals surface area contributed by atoms with Crippen LogP contribution in [0.2, 0.25) is 0 Å². The average molecular weight is 402 g/mol. The Labute approximate surface area is 164 Å². The van der Waals surface area contributed by atoms with E-state index >= 15 is 0 Å². The van der Waals surface area contributed by atoms with Crippen LogP contribution in [0.4, 0.5) is 11.4 Å². The largest absolute Gasteiger partial charge is 0.465 e. The summed E-state index contributed by atoms with van der Waals surface area (Å²) < 4.78 is 5.25. The van der Waals surface area contributed by atoms with Gasteiger partial charge in [-0.1, -0.05) is 6.07 Å². The standard InChI is InChI=1S/C18H18N4O7/c1-3-19-16(24)11-5-4-6-13(7-11)20-15(23)10-21-9-12(18(26)29-2)8-14(17(21)25)22(27)28/h4-9H,3,10H2,1-2H3,(H,19,24)(H,20,23). The van der Waals surface area contributed by atoms with E-state index in [1.54, 1.807) is 19.1 Å². The van der Waals surface area contributed by atoms with E-state index in [1.165, 1.54) is 12.1 Å². The summed E-state index contributed by atoms with van der Waals surface area (Å²) in [6.07, 6.45) is 1.01. The number of aromatic nitrogens is 1. The van der Waals surface area contributed by atoms with Crippen LogP contribution in [0, 0.1) is 10.1 Å². The van der Waals surface area contributed by atoms with Gasteiger partial charge in [0.1, 0.15) is 6.54 Å². The first-order valence-corrected chi connectivity index (χ1v) is 8.42. The molecule has 0 fully saturated rings. The van der Waals surface area contributed by atoms with Crippen LogP contribution < -0.4 is 16.2 Å². The highest BCUT2D eigenvalue weighted by Gasteiger charge is 2.21. The smallest absolute Gasteiger partial charge is 0.339 e. The van der Waals surface area contributed by atoms with Gasteiger partial charge in [0.2, 0.25) is 5.91 Å². The molecule has 2 rings (SSSR count). The predicted molar refractivity (Wildman–Crippen MR) is 102 cm³/mol. The fourth-order valence-electron chi connectivity index (χ4n) is 2.45. The minimum absolute atomic E-state index is 0.246. The molecule has 0 radical (unpaired) electrons. The van der Waals surface area contributed by atoms with E-state index in [0.29, 0.717) is 17.8 Å². The number of nitrogens with one attached hydrogen (secondary N) is 2. The molecule has 0 bridgehead atoms. The van der Waals surface area contributed by atoms with Crippen molar-refractivity contribution in [2.45, 2.75) is 13.5 Å². The van der Waals surface area contributed by atoms with Crippen LogP contribution in [-0.2, 0) is 16.1 Å². The van der Waals surface area contributed by atoms with Crippen LogP contribution >= 0.6 is 0 Å². The monoisotopic (exact) mass is 402 g/mol. The molecule has 1 heterocycles. The van der Waals surface area contributed by atoms with Crippen LogP contribution in [0.3, 0.4) is 0 Å². The summed E-state index contributed by atoms with van der Waals surface area (Å²) in [5, 5.41) is 16.2. The number of carbonyl (C=O) groups excluding carboxylic acids is 3. The van der Waals surface area contributed by atoms with Crippen molar-refractivity contribution >= 4 is 29.2 Å². The Morgan fingerprint density at radius 1 is 1.21 bits per heavy atom. The summed E-state index contributed by atoms with van der Waals surface area (Å²) in [4.78, 5) is 58.2. The van der Waals surface area contributed by atoms with E-state index in [0.717, 1.165) is 23.9 Å².